The van der Waals surface area contributed by atoms with Crippen LogP contribution in [0.3, 0.4) is 0 Å². The van der Waals surface area contributed by atoms with Gasteiger partial charge in [-0.05, 0) is 25.7 Å². The molecule has 1 fully saturated rings. The van der Waals surface area contributed by atoms with Gasteiger partial charge in [0, 0.05) is 5.41 Å². The number of hydrogen-bond donors (Lipinski definition) is 0. The number of rotatable bonds is 3. The van der Waals surface area contributed by atoms with Crippen LogP contribution in [0, 0.1) is 11.3 Å². The zero-order valence-corrected chi connectivity index (χ0v) is 16.5. The van der Waals surface area contributed by atoms with Gasteiger partial charge in [-0.2, -0.15) is 0 Å². The molecule has 16 heavy (non-hydrogen) atoms. The quantitative estimate of drug-likeness (QED) is 0.379. The Hall–Kier alpha value is 2.21. The van der Waals surface area contributed by atoms with Crippen molar-refractivity contribution in [3.05, 3.63) is 0 Å². The van der Waals surface area contributed by atoms with E-state index in [0.717, 1.165) is 19.3 Å². The minimum absolute atomic E-state index is 0. The Morgan fingerprint density at radius 3 is 1.69 bits per heavy atom. The minimum atomic E-state index is -1.82. The Morgan fingerprint density at radius 2 is 1.38 bits per heavy atom. The van der Waals surface area contributed by atoms with Gasteiger partial charge in [-0.1, -0.05) is 19.3 Å². The Bertz CT molecular complexity index is 235. The van der Waals surface area contributed by atoms with E-state index in [2.05, 4.69) is 0 Å². The van der Waals surface area contributed by atoms with Gasteiger partial charge >= 0.3 is 103 Å². The van der Waals surface area contributed by atoms with Crippen molar-refractivity contribution in [1.29, 1.82) is 0 Å². The monoisotopic (exact) mass is 276 g/mol. The molecule has 0 aromatic rings. The summed E-state index contributed by atoms with van der Waals surface area (Å²) in [6.07, 6.45) is 4.10. The van der Waals surface area contributed by atoms with Crippen molar-refractivity contribution in [2.24, 2.45) is 11.3 Å². The van der Waals surface area contributed by atoms with E-state index in [1.807, 2.05) is 0 Å². The molecular weight excluding hydrogens is 262 g/mol. The van der Waals surface area contributed by atoms with Crippen LogP contribution in [-0.4, -0.2) is 11.9 Å². The SMILES string of the molecule is CC(C(=O)[O-])(C(=O)[O-])C1CCCCC1.[K+].[K+]. The maximum Gasteiger partial charge on any atom is 1.00 e. The maximum absolute atomic E-state index is 10.8. The predicted octanol–water partition coefficient (Wildman–Crippen LogP) is -6.92. The molecule has 1 saturated carbocycles. The van der Waals surface area contributed by atoms with E-state index in [4.69, 9.17) is 0 Å². The van der Waals surface area contributed by atoms with Gasteiger partial charge in [0.1, 0.15) is 0 Å². The molecule has 0 spiro atoms. The van der Waals surface area contributed by atoms with Crippen LogP contribution >= 0.6 is 0 Å². The van der Waals surface area contributed by atoms with E-state index in [1.165, 1.54) is 6.92 Å². The molecule has 0 amide bonds. The van der Waals surface area contributed by atoms with Crippen LogP contribution in [0.1, 0.15) is 39.0 Å². The second kappa shape index (κ2) is 9.17. The van der Waals surface area contributed by atoms with Gasteiger partial charge in [0.2, 0.25) is 0 Å². The third kappa shape index (κ3) is 4.71. The molecule has 0 aliphatic heterocycles. The largest absolute Gasteiger partial charge is 1.00 e. The standard InChI is InChI=1S/C10H16O4.2K/c1-10(8(11)12,9(13)14)7-5-3-2-4-6-7;;/h7H,2-6H2,1H3,(H,11,12)(H,13,14);;/q;2*+1/p-2. The fraction of sp³-hybridized carbons (Fsp3) is 0.800. The van der Waals surface area contributed by atoms with Gasteiger partial charge in [0.15, 0.2) is 0 Å². The van der Waals surface area contributed by atoms with Gasteiger partial charge in [-0.25, -0.2) is 0 Å². The number of carbonyl (C=O) groups is 2. The van der Waals surface area contributed by atoms with Crippen LogP contribution in [-0.2, 0) is 9.59 Å². The smallest absolute Gasteiger partial charge is 0.549 e. The summed E-state index contributed by atoms with van der Waals surface area (Å²) in [6.45, 7) is 1.20. The first kappa shape index (κ1) is 20.5. The van der Waals surface area contributed by atoms with Crippen LogP contribution in [0.25, 0.3) is 0 Å². The maximum atomic E-state index is 10.8. The van der Waals surface area contributed by atoms with Crippen molar-refractivity contribution in [2.75, 3.05) is 0 Å². The molecule has 0 heterocycles. The Morgan fingerprint density at radius 1 is 1.00 bits per heavy atom. The van der Waals surface area contributed by atoms with Crippen LogP contribution in [0.5, 0.6) is 0 Å². The summed E-state index contributed by atoms with van der Waals surface area (Å²) in [5, 5.41) is 21.7. The van der Waals surface area contributed by atoms with Gasteiger partial charge in [0.05, 0.1) is 11.9 Å². The molecule has 0 aromatic carbocycles. The number of carbonyl (C=O) groups excluding carboxylic acids is 2. The first-order chi connectivity index (χ1) is 6.49. The molecule has 0 aromatic heterocycles. The van der Waals surface area contributed by atoms with Crippen LogP contribution in [0.15, 0.2) is 0 Å². The molecule has 4 nitrogen and oxygen atoms in total. The summed E-state index contributed by atoms with van der Waals surface area (Å²) >= 11 is 0. The third-order valence-electron chi connectivity index (χ3n) is 3.27. The van der Waals surface area contributed by atoms with Gasteiger partial charge in [-0.3, -0.25) is 0 Å². The molecule has 0 radical (unpaired) electrons. The Balaban J connectivity index is 0. The average molecular weight is 276 g/mol. The van der Waals surface area contributed by atoms with E-state index in [9.17, 15) is 19.8 Å². The molecule has 0 N–H and O–H groups in total. The molecule has 0 bridgehead atoms. The van der Waals surface area contributed by atoms with Gasteiger partial charge < -0.3 is 19.8 Å². The normalized spacial score (nSPS) is 16.8. The molecule has 1 aliphatic rings. The number of carboxylic acids is 2. The first-order valence-electron chi connectivity index (χ1n) is 4.92. The van der Waals surface area contributed by atoms with E-state index in [-0.39, 0.29) is 109 Å². The second-order valence-electron chi connectivity index (χ2n) is 4.11. The van der Waals surface area contributed by atoms with Crippen LogP contribution < -0.4 is 113 Å². The van der Waals surface area contributed by atoms with Crippen molar-refractivity contribution in [2.45, 2.75) is 39.0 Å². The van der Waals surface area contributed by atoms with Gasteiger partial charge in [-0.15, -0.1) is 0 Å². The molecule has 1 rings (SSSR count). The van der Waals surface area contributed by atoms with E-state index in [1.54, 1.807) is 0 Å². The summed E-state index contributed by atoms with van der Waals surface area (Å²) in [6, 6.07) is 0. The number of hydrogen-bond acceptors (Lipinski definition) is 4. The topological polar surface area (TPSA) is 80.3 Å². The first-order valence-corrected chi connectivity index (χ1v) is 4.92. The summed E-state index contributed by atoms with van der Waals surface area (Å²) in [7, 11) is 0. The van der Waals surface area contributed by atoms with Crippen molar-refractivity contribution >= 4 is 11.9 Å². The fourth-order valence-corrected chi connectivity index (χ4v) is 2.10. The van der Waals surface area contributed by atoms with E-state index < -0.39 is 17.4 Å². The summed E-state index contributed by atoms with van der Waals surface area (Å²) in [4.78, 5) is 21.7. The molecule has 80 valence electrons. The number of aliphatic carboxylic acids is 2. The minimum Gasteiger partial charge on any atom is -0.549 e. The Labute approximate surface area is 181 Å². The molecule has 0 saturated heterocycles. The van der Waals surface area contributed by atoms with Crippen LogP contribution in [0.2, 0.25) is 0 Å². The van der Waals surface area contributed by atoms with Crippen LogP contribution in [0.4, 0.5) is 0 Å². The second-order valence-corrected chi connectivity index (χ2v) is 4.11. The summed E-state index contributed by atoms with van der Waals surface area (Å²) in [5.41, 5.74) is -1.82. The predicted molar refractivity (Wildman–Crippen MR) is 44.7 cm³/mol. The molecule has 0 atom stereocenters. The number of carboxylic acid groups (broad SMARTS) is 2. The van der Waals surface area contributed by atoms with Crippen molar-refractivity contribution in [3.63, 3.8) is 0 Å². The zero-order chi connectivity index (χ0) is 10.8. The van der Waals surface area contributed by atoms with E-state index in [0.29, 0.717) is 12.8 Å². The van der Waals surface area contributed by atoms with Crippen molar-refractivity contribution in [3.8, 4) is 0 Å². The zero-order valence-electron chi connectivity index (χ0n) is 10.2. The molecular formula is C10H14K2O4. The van der Waals surface area contributed by atoms with Crippen molar-refractivity contribution in [1.82, 2.24) is 0 Å². The molecule has 6 heteroatoms. The molecule has 1 aliphatic carbocycles. The fourth-order valence-electron chi connectivity index (χ4n) is 2.10. The summed E-state index contributed by atoms with van der Waals surface area (Å²) < 4.78 is 0. The Kier molecular flexibility index (Phi) is 11.8. The summed E-state index contributed by atoms with van der Waals surface area (Å²) in [5.74, 6) is -3.39. The van der Waals surface area contributed by atoms with Gasteiger partial charge in [0.25, 0.3) is 0 Å². The van der Waals surface area contributed by atoms with Crippen molar-refractivity contribution < 1.29 is 123 Å². The third-order valence-corrected chi connectivity index (χ3v) is 3.27. The van der Waals surface area contributed by atoms with E-state index >= 15 is 0 Å². The molecule has 0 unspecified atom stereocenters. The average Bonchev–Trinajstić information content (AvgIpc) is 2.17.